The average molecular weight is 331 g/mol. The van der Waals surface area contributed by atoms with Crippen molar-refractivity contribution in [2.45, 2.75) is 45.6 Å². The second-order valence-corrected chi connectivity index (χ2v) is 7.24. The van der Waals surface area contributed by atoms with Crippen molar-refractivity contribution < 1.29 is 19.4 Å². The van der Waals surface area contributed by atoms with Gasteiger partial charge in [0.2, 0.25) is 0 Å². The van der Waals surface area contributed by atoms with Crippen LogP contribution in [0.1, 0.15) is 48.5 Å². The number of para-hydroxylation sites is 1. The summed E-state index contributed by atoms with van der Waals surface area (Å²) < 4.78 is 5.04. The molecule has 5 heteroatoms. The number of esters is 1. The normalized spacial score (nSPS) is 26.2. The Morgan fingerprint density at radius 2 is 2.12 bits per heavy atom. The fraction of sp³-hybridized carbons (Fsp3) is 0.579. The van der Waals surface area contributed by atoms with Crippen LogP contribution in [0.15, 0.2) is 18.2 Å². The average Bonchev–Trinajstić information content (AvgIpc) is 3.18. The predicted octanol–water partition coefficient (Wildman–Crippen LogP) is 2.80. The van der Waals surface area contributed by atoms with Gasteiger partial charge in [0.05, 0.1) is 0 Å². The summed E-state index contributed by atoms with van der Waals surface area (Å²) in [5.41, 5.74) is 0.683. The van der Waals surface area contributed by atoms with E-state index in [4.69, 9.17) is 4.74 Å². The molecular formula is C19H25NO4. The van der Waals surface area contributed by atoms with Crippen molar-refractivity contribution in [1.82, 2.24) is 5.32 Å². The number of hydrogen-bond donors (Lipinski definition) is 2. The fourth-order valence-electron chi connectivity index (χ4n) is 4.34. The maximum atomic E-state index is 12.1. The number of phenols is 1. The van der Waals surface area contributed by atoms with E-state index in [1.807, 2.05) is 6.92 Å². The molecule has 1 aromatic carbocycles. The number of rotatable bonds is 5. The van der Waals surface area contributed by atoms with Crippen LogP contribution in [-0.4, -0.2) is 29.6 Å². The number of ether oxygens (including phenoxy) is 1. The maximum Gasteiger partial charge on any atom is 0.342 e. The molecule has 130 valence electrons. The molecule has 0 saturated heterocycles. The summed E-state index contributed by atoms with van der Waals surface area (Å²) in [6.07, 6.45) is 5.10. The van der Waals surface area contributed by atoms with E-state index in [1.54, 1.807) is 19.1 Å². The molecule has 5 nitrogen and oxygen atoms in total. The Hall–Kier alpha value is -2.04. The van der Waals surface area contributed by atoms with E-state index < -0.39 is 5.97 Å². The van der Waals surface area contributed by atoms with Gasteiger partial charge < -0.3 is 15.2 Å². The molecule has 2 N–H and O–H groups in total. The Balaban J connectivity index is 1.48. The molecule has 0 aromatic heterocycles. The Labute approximate surface area is 142 Å². The van der Waals surface area contributed by atoms with E-state index in [2.05, 4.69) is 5.32 Å². The molecule has 0 spiro atoms. The Bertz CT molecular complexity index is 642. The van der Waals surface area contributed by atoms with Crippen molar-refractivity contribution in [2.75, 3.05) is 6.61 Å². The van der Waals surface area contributed by atoms with Gasteiger partial charge in [-0.3, -0.25) is 4.79 Å². The van der Waals surface area contributed by atoms with Crippen LogP contribution in [0.5, 0.6) is 5.75 Å². The number of hydrogen-bond acceptors (Lipinski definition) is 4. The van der Waals surface area contributed by atoms with Gasteiger partial charge in [0.25, 0.3) is 5.91 Å². The number of nitrogens with one attached hydrogen (secondary N) is 1. The first-order valence-corrected chi connectivity index (χ1v) is 8.70. The Morgan fingerprint density at radius 3 is 2.79 bits per heavy atom. The number of aromatic hydroxyl groups is 1. The second-order valence-electron chi connectivity index (χ2n) is 7.24. The molecule has 2 fully saturated rings. The van der Waals surface area contributed by atoms with Crippen LogP contribution in [0.4, 0.5) is 0 Å². The minimum absolute atomic E-state index is 0.0870. The summed E-state index contributed by atoms with van der Waals surface area (Å²) in [4.78, 5) is 24.1. The predicted molar refractivity (Wildman–Crippen MR) is 89.7 cm³/mol. The van der Waals surface area contributed by atoms with Crippen molar-refractivity contribution in [3.05, 3.63) is 29.3 Å². The molecule has 0 radical (unpaired) electrons. The van der Waals surface area contributed by atoms with E-state index in [1.165, 1.54) is 31.7 Å². The Kier molecular flexibility index (Phi) is 4.78. The molecule has 4 atom stereocenters. The molecule has 2 aliphatic rings. The van der Waals surface area contributed by atoms with Crippen molar-refractivity contribution >= 4 is 11.9 Å². The van der Waals surface area contributed by atoms with Crippen LogP contribution >= 0.6 is 0 Å². The number of carbonyl (C=O) groups excluding carboxylic acids is 2. The maximum absolute atomic E-state index is 12.1. The highest BCUT2D eigenvalue weighted by Crippen LogP contribution is 2.49. The van der Waals surface area contributed by atoms with Crippen LogP contribution in [-0.2, 0) is 9.53 Å². The van der Waals surface area contributed by atoms with Gasteiger partial charge in [0.15, 0.2) is 6.61 Å². The largest absolute Gasteiger partial charge is 0.507 e. The number of aryl methyl sites for hydroxylation is 1. The lowest BCUT2D eigenvalue weighted by Gasteiger charge is -2.28. The van der Waals surface area contributed by atoms with Crippen molar-refractivity contribution in [3.63, 3.8) is 0 Å². The van der Waals surface area contributed by atoms with Crippen molar-refractivity contribution in [3.8, 4) is 5.75 Å². The first-order valence-electron chi connectivity index (χ1n) is 8.70. The summed E-state index contributed by atoms with van der Waals surface area (Å²) in [5.74, 6) is 1.05. The van der Waals surface area contributed by atoms with Gasteiger partial charge in [-0.15, -0.1) is 0 Å². The van der Waals surface area contributed by atoms with Crippen molar-refractivity contribution in [1.29, 1.82) is 0 Å². The van der Waals surface area contributed by atoms with Gasteiger partial charge in [-0.25, -0.2) is 4.79 Å². The lowest BCUT2D eigenvalue weighted by molar-refractivity contribution is -0.125. The van der Waals surface area contributed by atoms with Crippen LogP contribution in [0.2, 0.25) is 0 Å². The summed E-state index contributed by atoms with van der Waals surface area (Å²) >= 11 is 0. The molecule has 1 aromatic rings. The summed E-state index contributed by atoms with van der Waals surface area (Å²) in [7, 11) is 0. The van der Waals surface area contributed by atoms with Crippen LogP contribution < -0.4 is 5.32 Å². The fourth-order valence-corrected chi connectivity index (χ4v) is 4.34. The van der Waals surface area contributed by atoms with Gasteiger partial charge in [-0.2, -0.15) is 0 Å². The highest BCUT2D eigenvalue weighted by atomic mass is 16.5. The quantitative estimate of drug-likeness (QED) is 0.814. The van der Waals surface area contributed by atoms with Crippen LogP contribution in [0.25, 0.3) is 0 Å². The number of phenolic OH excluding ortho intramolecular Hbond substituents is 1. The minimum Gasteiger partial charge on any atom is -0.507 e. The molecule has 0 unspecified atom stereocenters. The summed E-state index contributed by atoms with van der Waals surface area (Å²) in [5, 5.41) is 12.8. The van der Waals surface area contributed by atoms with E-state index >= 15 is 0 Å². The lowest BCUT2D eigenvalue weighted by Crippen LogP contribution is -2.42. The molecule has 2 aliphatic carbocycles. The topological polar surface area (TPSA) is 75.6 Å². The number of benzene rings is 1. The summed E-state index contributed by atoms with van der Waals surface area (Å²) in [6, 6.07) is 4.97. The zero-order chi connectivity index (χ0) is 17.3. The highest BCUT2D eigenvalue weighted by Gasteiger charge is 2.42. The summed E-state index contributed by atoms with van der Waals surface area (Å²) in [6.45, 7) is 3.42. The van der Waals surface area contributed by atoms with E-state index in [0.717, 1.165) is 11.8 Å². The molecule has 1 amide bonds. The third kappa shape index (κ3) is 3.40. The van der Waals surface area contributed by atoms with Gasteiger partial charge >= 0.3 is 5.97 Å². The van der Waals surface area contributed by atoms with Gasteiger partial charge in [-0.05, 0) is 62.5 Å². The van der Waals surface area contributed by atoms with Crippen molar-refractivity contribution in [2.24, 2.45) is 17.8 Å². The number of amides is 1. The third-order valence-electron chi connectivity index (χ3n) is 5.62. The zero-order valence-corrected chi connectivity index (χ0v) is 14.2. The van der Waals surface area contributed by atoms with E-state index in [0.29, 0.717) is 11.5 Å². The SMILES string of the molecule is Cc1cccc(C(=O)OCC(=O)N[C@@H](C)[C@@H]2C[C@H]3CC[C@H]2C3)c1O. The number of carbonyl (C=O) groups is 2. The monoisotopic (exact) mass is 331 g/mol. The van der Waals surface area contributed by atoms with Crippen LogP contribution in [0.3, 0.4) is 0 Å². The lowest BCUT2D eigenvalue weighted by atomic mass is 9.84. The second kappa shape index (κ2) is 6.83. The van der Waals surface area contributed by atoms with Crippen LogP contribution in [0, 0.1) is 24.7 Å². The van der Waals surface area contributed by atoms with Gasteiger partial charge in [0.1, 0.15) is 11.3 Å². The molecule has 0 aliphatic heterocycles. The zero-order valence-electron chi connectivity index (χ0n) is 14.2. The molecular weight excluding hydrogens is 306 g/mol. The number of fused-ring (bicyclic) bond motifs is 2. The standard InChI is InChI=1S/C19H25NO4/c1-11-4-3-5-15(18(11)22)19(23)24-10-17(21)20-12(2)16-9-13-6-7-14(16)8-13/h3-5,12-14,16,22H,6-10H2,1-2H3,(H,20,21)/t12-,13-,14-,16-/m0/s1. The van der Waals surface area contributed by atoms with Gasteiger partial charge in [0, 0.05) is 6.04 Å². The molecule has 24 heavy (non-hydrogen) atoms. The van der Waals surface area contributed by atoms with Gasteiger partial charge in [-0.1, -0.05) is 18.6 Å². The molecule has 2 saturated carbocycles. The smallest absolute Gasteiger partial charge is 0.342 e. The first-order chi connectivity index (χ1) is 11.5. The third-order valence-corrected chi connectivity index (χ3v) is 5.62. The Morgan fingerprint density at radius 1 is 1.33 bits per heavy atom. The molecule has 3 rings (SSSR count). The van der Waals surface area contributed by atoms with E-state index in [-0.39, 0.29) is 29.9 Å². The van der Waals surface area contributed by atoms with E-state index in [9.17, 15) is 14.7 Å². The highest BCUT2D eigenvalue weighted by molar-refractivity contribution is 5.94. The minimum atomic E-state index is -0.682. The molecule has 2 bridgehead atoms. The first kappa shape index (κ1) is 16.8. The molecule has 0 heterocycles.